The van der Waals surface area contributed by atoms with E-state index in [-0.39, 0.29) is 0 Å². The van der Waals surface area contributed by atoms with Crippen LogP contribution in [0.2, 0.25) is 0 Å². The lowest BCUT2D eigenvalue weighted by Gasteiger charge is -2.16. The van der Waals surface area contributed by atoms with Crippen LogP contribution in [-0.4, -0.2) is 39.3 Å². The quantitative estimate of drug-likeness (QED) is 0.736. The molecule has 0 atom stereocenters. The molecule has 0 aromatic carbocycles. The van der Waals surface area contributed by atoms with E-state index in [2.05, 4.69) is 16.9 Å². The first-order chi connectivity index (χ1) is 8.06. The highest BCUT2D eigenvalue weighted by atomic mass is 16.4. The Balaban J connectivity index is 2.61. The van der Waals surface area contributed by atoms with Gasteiger partial charge in [-0.15, -0.1) is 0 Å². The Morgan fingerprint density at radius 1 is 1.53 bits per heavy atom. The normalized spacial score (nSPS) is 11.1. The second-order valence-corrected chi connectivity index (χ2v) is 4.38. The lowest BCUT2D eigenvalue weighted by molar-refractivity contribution is 0.0694. The SMILES string of the molecule is CCCCCN(C)Cc1c(C(=O)O)cnn1C. The number of rotatable bonds is 7. The van der Waals surface area contributed by atoms with Crippen molar-refractivity contribution in [3.8, 4) is 0 Å². The highest BCUT2D eigenvalue weighted by Gasteiger charge is 2.16. The monoisotopic (exact) mass is 239 g/mol. The Morgan fingerprint density at radius 2 is 2.24 bits per heavy atom. The largest absolute Gasteiger partial charge is 0.478 e. The fourth-order valence-corrected chi connectivity index (χ4v) is 1.80. The van der Waals surface area contributed by atoms with Gasteiger partial charge in [0.25, 0.3) is 0 Å². The van der Waals surface area contributed by atoms with E-state index >= 15 is 0 Å². The minimum atomic E-state index is -0.907. The molecule has 1 aromatic heterocycles. The third-order valence-corrected chi connectivity index (χ3v) is 2.86. The van der Waals surface area contributed by atoms with Gasteiger partial charge in [-0.1, -0.05) is 19.8 Å². The zero-order valence-electron chi connectivity index (χ0n) is 10.8. The summed E-state index contributed by atoms with van der Waals surface area (Å²) in [5, 5.41) is 13.0. The van der Waals surface area contributed by atoms with Gasteiger partial charge in [-0.3, -0.25) is 4.68 Å². The third kappa shape index (κ3) is 3.85. The first-order valence-corrected chi connectivity index (χ1v) is 5.99. The molecule has 5 nitrogen and oxygen atoms in total. The van der Waals surface area contributed by atoms with Crippen LogP contribution in [0.4, 0.5) is 0 Å². The molecule has 0 amide bonds. The summed E-state index contributed by atoms with van der Waals surface area (Å²) in [7, 11) is 3.79. The smallest absolute Gasteiger partial charge is 0.339 e. The molecule has 0 saturated heterocycles. The maximum absolute atomic E-state index is 11.0. The van der Waals surface area contributed by atoms with E-state index in [9.17, 15) is 4.79 Å². The summed E-state index contributed by atoms with van der Waals surface area (Å²) in [6.45, 7) is 3.78. The van der Waals surface area contributed by atoms with Crippen molar-refractivity contribution in [1.82, 2.24) is 14.7 Å². The van der Waals surface area contributed by atoms with Gasteiger partial charge >= 0.3 is 5.97 Å². The molecular formula is C12H21N3O2. The molecule has 5 heteroatoms. The molecular weight excluding hydrogens is 218 g/mol. The van der Waals surface area contributed by atoms with Gasteiger partial charge in [0.2, 0.25) is 0 Å². The summed E-state index contributed by atoms with van der Waals surface area (Å²) in [6, 6.07) is 0. The predicted octanol–water partition coefficient (Wildman–Crippen LogP) is 1.74. The minimum absolute atomic E-state index is 0.301. The number of aromatic nitrogens is 2. The maximum atomic E-state index is 11.0. The number of hydrogen-bond acceptors (Lipinski definition) is 3. The van der Waals surface area contributed by atoms with Crippen LogP contribution in [0.15, 0.2) is 6.20 Å². The van der Waals surface area contributed by atoms with Crippen LogP contribution in [-0.2, 0) is 13.6 Å². The predicted molar refractivity (Wildman–Crippen MR) is 66.0 cm³/mol. The minimum Gasteiger partial charge on any atom is -0.478 e. The number of carboxylic acids is 1. The topological polar surface area (TPSA) is 58.4 Å². The molecule has 1 heterocycles. The van der Waals surface area contributed by atoms with Crippen molar-refractivity contribution in [3.05, 3.63) is 17.5 Å². The first kappa shape index (κ1) is 13.7. The Labute approximate surface area is 102 Å². The van der Waals surface area contributed by atoms with E-state index in [1.165, 1.54) is 19.0 Å². The van der Waals surface area contributed by atoms with E-state index in [4.69, 9.17) is 5.11 Å². The summed E-state index contributed by atoms with van der Waals surface area (Å²) in [4.78, 5) is 13.1. The molecule has 0 unspecified atom stereocenters. The third-order valence-electron chi connectivity index (χ3n) is 2.86. The van der Waals surface area contributed by atoms with Crippen LogP contribution in [0.5, 0.6) is 0 Å². The number of hydrogen-bond donors (Lipinski definition) is 1. The van der Waals surface area contributed by atoms with E-state index in [1.54, 1.807) is 11.7 Å². The number of aromatic carboxylic acids is 1. The Bertz CT molecular complexity index is 374. The maximum Gasteiger partial charge on any atom is 0.339 e. The van der Waals surface area contributed by atoms with Crippen LogP contribution in [0.3, 0.4) is 0 Å². The summed E-state index contributed by atoms with van der Waals surface area (Å²) < 4.78 is 1.64. The average Bonchev–Trinajstić information content (AvgIpc) is 2.61. The van der Waals surface area contributed by atoms with E-state index < -0.39 is 5.97 Å². The zero-order valence-corrected chi connectivity index (χ0v) is 10.8. The summed E-state index contributed by atoms with van der Waals surface area (Å²) >= 11 is 0. The number of carbonyl (C=O) groups is 1. The van der Waals surface area contributed by atoms with Crippen LogP contribution in [0, 0.1) is 0 Å². The highest BCUT2D eigenvalue weighted by molar-refractivity contribution is 5.88. The van der Waals surface area contributed by atoms with Gasteiger partial charge < -0.3 is 10.0 Å². The van der Waals surface area contributed by atoms with Crippen molar-refractivity contribution < 1.29 is 9.90 Å². The standard InChI is InChI=1S/C12H21N3O2/c1-4-5-6-7-14(2)9-11-10(12(16)17)8-13-15(11)3/h8H,4-7,9H2,1-3H3,(H,16,17). The van der Waals surface area contributed by atoms with Crippen molar-refractivity contribution in [2.75, 3.05) is 13.6 Å². The van der Waals surface area contributed by atoms with Crippen LogP contribution < -0.4 is 0 Å². The van der Waals surface area contributed by atoms with Crippen molar-refractivity contribution in [2.45, 2.75) is 32.7 Å². The second-order valence-electron chi connectivity index (χ2n) is 4.38. The molecule has 0 fully saturated rings. The lowest BCUT2D eigenvalue weighted by Crippen LogP contribution is -2.22. The molecule has 0 radical (unpaired) electrons. The Kier molecular flexibility index (Phi) is 5.15. The molecule has 0 bridgehead atoms. The van der Waals surface area contributed by atoms with Crippen LogP contribution >= 0.6 is 0 Å². The zero-order chi connectivity index (χ0) is 12.8. The first-order valence-electron chi connectivity index (χ1n) is 5.99. The molecule has 0 aliphatic carbocycles. The molecule has 96 valence electrons. The van der Waals surface area contributed by atoms with E-state index in [0.29, 0.717) is 12.1 Å². The average molecular weight is 239 g/mol. The van der Waals surface area contributed by atoms with Crippen LogP contribution in [0.25, 0.3) is 0 Å². The van der Waals surface area contributed by atoms with Crippen molar-refractivity contribution >= 4 is 5.97 Å². The fraction of sp³-hybridized carbons (Fsp3) is 0.667. The molecule has 0 saturated carbocycles. The second kappa shape index (κ2) is 6.39. The number of aryl methyl sites for hydroxylation is 1. The number of unbranched alkanes of at least 4 members (excludes halogenated alkanes) is 2. The molecule has 0 spiro atoms. The summed E-state index contributed by atoms with van der Waals surface area (Å²) in [5.41, 5.74) is 1.06. The summed E-state index contributed by atoms with van der Waals surface area (Å²) in [6.07, 6.45) is 4.96. The number of carboxylic acid groups (broad SMARTS) is 1. The van der Waals surface area contributed by atoms with Crippen molar-refractivity contribution in [2.24, 2.45) is 7.05 Å². The van der Waals surface area contributed by atoms with Crippen LogP contribution in [0.1, 0.15) is 42.2 Å². The Morgan fingerprint density at radius 3 is 2.82 bits per heavy atom. The molecule has 1 aromatic rings. The van der Waals surface area contributed by atoms with Gasteiger partial charge in [-0.2, -0.15) is 5.10 Å². The van der Waals surface area contributed by atoms with E-state index in [0.717, 1.165) is 18.7 Å². The summed E-state index contributed by atoms with van der Waals surface area (Å²) in [5.74, 6) is -0.907. The highest BCUT2D eigenvalue weighted by Crippen LogP contribution is 2.10. The number of nitrogens with zero attached hydrogens (tertiary/aromatic N) is 3. The van der Waals surface area contributed by atoms with Gasteiger partial charge in [-0.25, -0.2) is 4.79 Å². The van der Waals surface area contributed by atoms with Gasteiger partial charge in [0, 0.05) is 13.6 Å². The Hall–Kier alpha value is -1.36. The lowest BCUT2D eigenvalue weighted by atomic mass is 10.2. The van der Waals surface area contributed by atoms with Gasteiger partial charge in [0.1, 0.15) is 5.56 Å². The molecule has 17 heavy (non-hydrogen) atoms. The van der Waals surface area contributed by atoms with E-state index in [1.807, 2.05) is 7.05 Å². The molecule has 1 rings (SSSR count). The fourth-order valence-electron chi connectivity index (χ4n) is 1.80. The van der Waals surface area contributed by atoms with Gasteiger partial charge in [-0.05, 0) is 20.0 Å². The van der Waals surface area contributed by atoms with Gasteiger partial charge in [0.15, 0.2) is 0 Å². The van der Waals surface area contributed by atoms with Gasteiger partial charge in [0.05, 0.1) is 11.9 Å². The molecule has 0 aliphatic rings. The molecule has 0 aliphatic heterocycles. The molecule has 1 N–H and O–H groups in total. The van der Waals surface area contributed by atoms with Crippen molar-refractivity contribution in [3.63, 3.8) is 0 Å². The van der Waals surface area contributed by atoms with Crippen molar-refractivity contribution in [1.29, 1.82) is 0 Å².